The van der Waals surface area contributed by atoms with E-state index in [0.717, 1.165) is 43.3 Å². The van der Waals surface area contributed by atoms with E-state index in [0.29, 0.717) is 5.95 Å². The Morgan fingerprint density at radius 1 is 1.13 bits per heavy atom. The largest absolute Gasteiger partial charge is 0.497 e. The van der Waals surface area contributed by atoms with Gasteiger partial charge in [0.15, 0.2) is 0 Å². The fraction of sp³-hybridized carbons (Fsp3) is 0.444. The van der Waals surface area contributed by atoms with Gasteiger partial charge >= 0.3 is 0 Å². The molecule has 0 aliphatic carbocycles. The minimum atomic E-state index is 0.690. The van der Waals surface area contributed by atoms with Gasteiger partial charge in [0, 0.05) is 31.4 Å². The van der Waals surface area contributed by atoms with E-state index in [-0.39, 0.29) is 0 Å². The molecule has 0 unspecified atom stereocenters. The molecular formula is C18H26N4O. The van der Waals surface area contributed by atoms with Crippen molar-refractivity contribution in [3.63, 3.8) is 0 Å². The number of nitrogens with zero attached hydrogens (tertiary/aromatic N) is 3. The quantitative estimate of drug-likeness (QED) is 0.810. The maximum absolute atomic E-state index is 5.25. The van der Waals surface area contributed by atoms with Crippen LogP contribution in [0.15, 0.2) is 30.3 Å². The molecule has 2 aromatic rings. The van der Waals surface area contributed by atoms with Crippen molar-refractivity contribution in [3.8, 4) is 5.75 Å². The SMILES string of the molecule is CCN(CC)c1cc(C)nc(NCCc2cccc(OC)c2)n1. The molecule has 0 saturated carbocycles. The summed E-state index contributed by atoms with van der Waals surface area (Å²) in [4.78, 5) is 11.3. The molecule has 1 heterocycles. The van der Waals surface area contributed by atoms with E-state index in [1.807, 2.05) is 25.1 Å². The molecule has 1 aromatic heterocycles. The van der Waals surface area contributed by atoms with Crippen LogP contribution in [0.4, 0.5) is 11.8 Å². The van der Waals surface area contributed by atoms with Gasteiger partial charge in [-0.25, -0.2) is 4.98 Å². The van der Waals surface area contributed by atoms with E-state index in [9.17, 15) is 0 Å². The summed E-state index contributed by atoms with van der Waals surface area (Å²) in [5.74, 6) is 2.55. The van der Waals surface area contributed by atoms with E-state index < -0.39 is 0 Å². The van der Waals surface area contributed by atoms with E-state index in [1.54, 1.807) is 7.11 Å². The third-order valence-corrected chi connectivity index (χ3v) is 3.76. The number of ether oxygens (including phenoxy) is 1. The first-order valence-corrected chi connectivity index (χ1v) is 8.13. The summed E-state index contributed by atoms with van der Waals surface area (Å²) >= 11 is 0. The van der Waals surface area contributed by atoms with Crippen LogP contribution in [0.2, 0.25) is 0 Å². The molecule has 0 spiro atoms. The van der Waals surface area contributed by atoms with Crippen LogP contribution in [0.1, 0.15) is 25.1 Å². The molecule has 1 aromatic carbocycles. The molecule has 0 aliphatic rings. The van der Waals surface area contributed by atoms with E-state index >= 15 is 0 Å². The van der Waals surface area contributed by atoms with Gasteiger partial charge in [-0.2, -0.15) is 4.98 Å². The summed E-state index contributed by atoms with van der Waals surface area (Å²) in [6.45, 7) is 8.94. The van der Waals surface area contributed by atoms with Crippen molar-refractivity contribution < 1.29 is 4.74 Å². The van der Waals surface area contributed by atoms with E-state index in [2.05, 4.69) is 46.2 Å². The molecule has 5 heteroatoms. The summed E-state index contributed by atoms with van der Waals surface area (Å²) in [5, 5.41) is 3.33. The average Bonchev–Trinajstić information content (AvgIpc) is 2.56. The first kappa shape index (κ1) is 17.1. The second-order valence-corrected chi connectivity index (χ2v) is 5.39. The lowest BCUT2D eigenvalue weighted by Gasteiger charge is -2.20. The molecule has 124 valence electrons. The number of aromatic nitrogens is 2. The van der Waals surface area contributed by atoms with Gasteiger partial charge in [0.05, 0.1) is 7.11 Å². The Bertz CT molecular complexity index is 626. The lowest BCUT2D eigenvalue weighted by molar-refractivity contribution is 0.414. The second kappa shape index (κ2) is 8.36. The number of nitrogens with one attached hydrogen (secondary N) is 1. The van der Waals surface area contributed by atoms with Gasteiger partial charge in [-0.15, -0.1) is 0 Å². The number of rotatable bonds is 8. The van der Waals surface area contributed by atoms with Crippen molar-refractivity contribution in [2.45, 2.75) is 27.2 Å². The average molecular weight is 314 g/mol. The third kappa shape index (κ3) is 4.84. The van der Waals surface area contributed by atoms with Gasteiger partial charge in [-0.3, -0.25) is 0 Å². The highest BCUT2D eigenvalue weighted by molar-refractivity contribution is 5.44. The zero-order chi connectivity index (χ0) is 16.7. The van der Waals surface area contributed by atoms with Crippen LogP contribution in [-0.4, -0.2) is 36.7 Å². The molecule has 0 amide bonds. The maximum atomic E-state index is 5.25. The van der Waals surface area contributed by atoms with Crippen LogP contribution in [0.5, 0.6) is 5.75 Å². The summed E-state index contributed by atoms with van der Waals surface area (Å²) in [6.07, 6.45) is 0.898. The molecule has 0 aliphatic heterocycles. The fourth-order valence-electron chi connectivity index (χ4n) is 2.49. The standard InChI is InChI=1S/C18H26N4O/c1-5-22(6-2)17-12-14(3)20-18(21-17)19-11-10-15-8-7-9-16(13-15)23-4/h7-9,12-13H,5-6,10-11H2,1-4H3,(H,19,20,21). The molecule has 0 radical (unpaired) electrons. The predicted molar refractivity (Wildman–Crippen MR) is 95.5 cm³/mol. The highest BCUT2D eigenvalue weighted by atomic mass is 16.5. The van der Waals surface area contributed by atoms with Gasteiger partial charge in [-0.1, -0.05) is 12.1 Å². The number of hydrogen-bond acceptors (Lipinski definition) is 5. The van der Waals surface area contributed by atoms with Gasteiger partial charge in [0.2, 0.25) is 5.95 Å². The first-order chi connectivity index (χ1) is 11.2. The van der Waals surface area contributed by atoms with Crippen molar-refractivity contribution >= 4 is 11.8 Å². The summed E-state index contributed by atoms with van der Waals surface area (Å²) in [6, 6.07) is 10.1. The lowest BCUT2D eigenvalue weighted by atomic mass is 10.1. The number of hydrogen-bond donors (Lipinski definition) is 1. The smallest absolute Gasteiger partial charge is 0.224 e. The zero-order valence-electron chi connectivity index (χ0n) is 14.5. The fourth-order valence-corrected chi connectivity index (χ4v) is 2.49. The summed E-state index contributed by atoms with van der Waals surface area (Å²) in [5.41, 5.74) is 2.21. The minimum Gasteiger partial charge on any atom is -0.497 e. The van der Waals surface area contributed by atoms with Crippen LogP contribution < -0.4 is 15.0 Å². The minimum absolute atomic E-state index is 0.690. The van der Waals surface area contributed by atoms with Crippen molar-refractivity contribution in [2.24, 2.45) is 0 Å². The molecule has 5 nitrogen and oxygen atoms in total. The predicted octanol–water partition coefficient (Wildman–Crippen LogP) is 3.29. The third-order valence-electron chi connectivity index (χ3n) is 3.76. The molecule has 1 N–H and O–H groups in total. The van der Waals surface area contributed by atoms with Crippen molar-refractivity contribution in [1.29, 1.82) is 0 Å². The molecule has 23 heavy (non-hydrogen) atoms. The molecule has 0 bridgehead atoms. The highest BCUT2D eigenvalue weighted by Gasteiger charge is 2.07. The Morgan fingerprint density at radius 3 is 2.61 bits per heavy atom. The topological polar surface area (TPSA) is 50.3 Å². The zero-order valence-corrected chi connectivity index (χ0v) is 14.5. The van der Waals surface area contributed by atoms with E-state index in [4.69, 9.17) is 4.74 Å². The lowest BCUT2D eigenvalue weighted by Crippen LogP contribution is -2.24. The van der Waals surface area contributed by atoms with E-state index in [1.165, 1.54) is 5.56 Å². The number of benzene rings is 1. The van der Waals surface area contributed by atoms with Crippen LogP contribution >= 0.6 is 0 Å². The highest BCUT2D eigenvalue weighted by Crippen LogP contribution is 2.15. The van der Waals surface area contributed by atoms with Crippen molar-refractivity contribution in [1.82, 2.24) is 9.97 Å². The molecule has 2 rings (SSSR count). The normalized spacial score (nSPS) is 10.4. The number of anilines is 2. The maximum Gasteiger partial charge on any atom is 0.224 e. The Balaban J connectivity index is 1.99. The Labute approximate surface area is 138 Å². The Morgan fingerprint density at radius 2 is 1.91 bits per heavy atom. The van der Waals surface area contributed by atoms with Gasteiger partial charge in [-0.05, 0) is 44.9 Å². The second-order valence-electron chi connectivity index (χ2n) is 5.39. The Hall–Kier alpha value is -2.30. The summed E-state index contributed by atoms with van der Waals surface area (Å²) < 4.78 is 5.25. The number of aryl methyl sites for hydroxylation is 1. The Kier molecular flexibility index (Phi) is 6.20. The monoisotopic (exact) mass is 314 g/mol. The first-order valence-electron chi connectivity index (χ1n) is 8.13. The molecule has 0 atom stereocenters. The van der Waals surface area contributed by atoms with Crippen molar-refractivity contribution in [3.05, 3.63) is 41.6 Å². The van der Waals surface area contributed by atoms with Crippen LogP contribution in [-0.2, 0) is 6.42 Å². The van der Waals surface area contributed by atoms with Crippen molar-refractivity contribution in [2.75, 3.05) is 37.0 Å². The van der Waals surface area contributed by atoms with Crippen LogP contribution in [0.25, 0.3) is 0 Å². The van der Waals surface area contributed by atoms with Crippen LogP contribution in [0.3, 0.4) is 0 Å². The van der Waals surface area contributed by atoms with Gasteiger partial charge in [0.1, 0.15) is 11.6 Å². The molecule has 0 saturated heterocycles. The summed E-state index contributed by atoms with van der Waals surface area (Å²) in [7, 11) is 1.69. The molecular weight excluding hydrogens is 288 g/mol. The number of methoxy groups -OCH3 is 1. The van der Waals surface area contributed by atoms with Gasteiger partial charge < -0.3 is 15.0 Å². The van der Waals surface area contributed by atoms with Crippen LogP contribution in [0, 0.1) is 6.92 Å². The van der Waals surface area contributed by atoms with Gasteiger partial charge in [0.25, 0.3) is 0 Å². The molecule has 0 fully saturated rings.